The second-order valence-electron chi connectivity index (χ2n) is 10.3. The number of rotatable bonds is 10. The maximum absolute atomic E-state index is 13.5. The highest BCUT2D eigenvalue weighted by molar-refractivity contribution is 7.94. The number of fused-ring (bicyclic) bond motifs is 1. The molecule has 0 radical (unpaired) electrons. The van der Waals surface area contributed by atoms with Gasteiger partial charge in [-0.25, -0.2) is 18.2 Å². The number of thiol groups is 1. The van der Waals surface area contributed by atoms with Gasteiger partial charge < -0.3 is 9.40 Å². The van der Waals surface area contributed by atoms with Gasteiger partial charge in [0.25, 0.3) is 0 Å². The molecule has 1 aliphatic rings. The van der Waals surface area contributed by atoms with Crippen LogP contribution < -0.4 is 4.47 Å². The normalized spacial score (nSPS) is 16.5. The molecule has 232 valence electrons. The first-order valence-corrected chi connectivity index (χ1v) is 17.6. The Morgan fingerprint density at radius 3 is 2.65 bits per heavy atom. The van der Waals surface area contributed by atoms with Crippen LogP contribution >= 0.6 is 22.7 Å². The molecule has 3 aromatic heterocycles. The third-order valence-electron chi connectivity index (χ3n) is 6.85. The van der Waals surface area contributed by atoms with Crippen molar-refractivity contribution in [1.29, 1.82) is 0 Å². The summed E-state index contributed by atoms with van der Waals surface area (Å²) in [5.41, 5.74) is 0.584. The van der Waals surface area contributed by atoms with E-state index >= 15 is 0 Å². The van der Waals surface area contributed by atoms with E-state index in [0.29, 0.717) is 29.2 Å². The van der Waals surface area contributed by atoms with Crippen molar-refractivity contribution < 1.29 is 39.6 Å². The zero-order valence-electron chi connectivity index (χ0n) is 22.9. The number of nitrogens with zero attached hydrogens (tertiary/aromatic N) is 4. The van der Waals surface area contributed by atoms with Gasteiger partial charge in [-0.2, -0.15) is 21.6 Å². The predicted octanol–water partition coefficient (Wildman–Crippen LogP) is 5.06. The average Bonchev–Trinajstić information content (AvgIpc) is 3.72. The van der Waals surface area contributed by atoms with E-state index < -0.39 is 32.9 Å². The maximum Gasteiger partial charge on any atom is 0.493 e. The van der Waals surface area contributed by atoms with Crippen LogP contribution in [0.2, 0.25) is 0 Å². The van der Waals surface area contributed by atoms with Crippen LogP contribution in [0.25, 0.3) is 21.6 Å². The van der Waals surface area contributed by atoms with Gasteiger partial charge in [0, 0.05) is 35.6 Å². The molecule has 10 nitrogen and oxygen atoms in total. The fraction of sp³-hybridized carbons (Fsp3) is 0.385. The average molecular weight is 677 g/mol. The first-order chi connectivity index (χ1) is 20.3. The fourth-order valence-corrected chi connectivity index (χ4v) is 9.07. The van der Waals surface area contributed by atoms with E-state index in [1.54, 1.807) is 22.9 Å². The van der Waals surface area contributed by atoms with Gasteiger partial charge in [0.2, 0.25) is 0 Å². The molecule has 0 N–H and O–H groups in total. The van der Waals surface area contributed by atoms with E-state index in [1.807, 2.05) is 13.8 Å². The second-order valence-corrected chi connectivity index (χ2v) is 15.4. The number of carbonyl (C=O) groups excluding carboxylic acids is 1. The summed E-state index contributed by atoms with van der Waals surface area (Å²) in [4.78, 5) is 24.2. The predicted molar refractivity (Wildman–Crippen MR) is 158 cm³/mol. The summed E-state index contributed by atoms with van der Waals surface area (Å²) in [6, 6.07) is 8.52. The first-order valence-electron chi connectivity index (χ1n) is 13.1. The lowest BCUT2D eigenvalue weighted by atomic mass is 10.2. The van der Waals surface area contributed by atoms with Crippen molar-refractivity contribution in [3.05, 3.63) is 52.9 Å². The lowest BCUT2D eigenvalue weighted by molar-refractivity contribution is -0.199. The van der Waals surface area contributed by atoms with Crippen molar-refractivity contribution >= 4 is 66.0 Å². The number of thiophene rings is 1. The Morgan fingerprint density at radius 2 is 2.00 bits per heavy atom. The number of hydrogen-bond acceptors (Lipinski definition) is 10. The highest BCUT2D eigenvalue weighted by Crippen LogP contribution is 2.40. The molecule has 0 amide bonds. The summed E-state index contributed by atoms with van der Waals surface area (Å²) in [6.45, 7) is 5.68. The number of thiazole rings is 1. The smallest absolute Gasteiger partial charge is 0.334 e. The molecule has 5 rings (SSSR count). The molecule has 0 spiro atoms. The molecule has 1 fully saturated rings. The summed E-state index contributed by atoms with van der Waals surface area (Å²) in [7, 11) is -7.17. The molecule has 0 bridgehead atoms. The van der Waals surface area contributed by atoms with Crippen LogP contribution in [0.5, 0.6) is 0 Å². The van der Waals surface area contributed by atoms with Gasteiger partial charge in [-0.05, 0) is 56.3 Å². The van der Waals surface area contributed by atoms with Crippen LogP contribution in [0.1, 0.15) is 31.2 Å². The van der Waals surface area contributed by atoms with Gasteiger partial charge in [0.1, 0.15) is 25.6 Å². The zero-order chi connectivity index (χ0) is 31.1. The number of likely N-dealkylation sites (tertiary alicyclic amines) is 1. The Bertz CT molecular complexity index is 1810. The Morgan fingerprint density at radius 1 is 1.23 bits per heavy atom. The van der Waals surface area contributed by atoms with Gasteiger partial charge in [0.15, 0.2) is 0 Å². The topological polar surface area (TPSA) is 119 Å². The van der Waals surface area contributed by atoms with Crippen molar-refractivity contribution in [1.82, 2.24) is 14.5 Å². The van der Waals surface area contributed by atoms with Crippen molar-refractivity contribution in [3.63, 3.8) is 0 Å². The molecule has 4 heterocycles. The number of anilines is 1. The minimum absolute atomic E-state index is 0.0480. The summed E-state index contributed by atoms with van der Waals surface area (Å²) in [5, 5.41) is 2.55. The largest absolute Gasteiger partial charge is 0.493 e. The van der Waals surface area contributed by atoms with Gasteiger partial charge >= 0.3 is 22.2 Å². The monoisotopic (exact) mass is 676 g/mol. The Hall–Kier alpha value is -2.99. The summed E-state index contributed by atoms with van der Waals surface area (Å²) in [5.74, 6) is -2.42. The third-order valence-corrected chi connectivity index (χ3v) is 11.6. The second kappa shape index (κ2) is 12.2. The lowest BCUT2D eigenvalue weighted by Crippen LogP contribution is -2.38. The van der Waals surface area contributed by atoms with Gasteiger partial charge in [-0.1, -0.05) is 22.7 Å². The summed E-state index contributed by atoms with van der Waals surface area (Å²) in [6.07, 6.45) is -2.92. The van der Waals surface area contributed by atoms with Crippen LogP contribution in [0.15, 0.2) is 52.2 Å². The number of halogens is 3. The van der Waals surface area contributed by atoms with Crippen molar-refractivity contribution in [3.8, 4) is 10.7 Å². The molecule has 1 saturated heterocycles. The van der Waals surface area contributed by atoms with E-state index in [0.717, 1.165) is 29.2 Å². The van der Waals surface area contributed by atoms with E-state index in [4.69, 9.17) is 0 Å². The number of sulfonamides is 1. The molecule has 1 atom stereocenters. The standard InChI is InChI=1S/C26H27F3N4O6S4/c1-16(2)32-21(24-30-12-19(41-24)14-31-9-8-17(13-31)15-42(35)36)11-18-5-3-6-20(23(18)32)33(39-25(34)26(27,28)29)43(37,38)22-7-4-10-40-22/h3-7,10-12,16-17,42H,8-9,13-15H2,1-2H3. The van der Waals surface area contributed by atoms with Gasteiger partial charge in [0.05, 0.1) is 17.0 Å². The van der Waals surface area contributed by atoms with E-state index in [1.165, 1.54) is 41.0 Å². The van der Waals surface area contributed by atoms with Crippen LogP contribution in [0, 0.1) is 5.92 Å². The highest BCUT2D eigenvalue weighted by Gasteiger charge is 2.45. The van der Waals surface area contributed by atoms with Gasteiger partial charge in [-0.15, -0.1) is 22.7 Å². The van der Waals surface area contributed by atoms with Crippen molar-refractivity contribution in [2.24, 2.45) is 5.92 Å². The van der Waals surface area contributed by atoms with E-state index in [2.05, 4.69) is 14.7 Å². The van der Waals surface area contributed by atoms with Crippen LogP contribution in [-0.2, 0) is 36.9 Å². The Labute approximate surface area is 255 Å². The number of hydrogen-bond donors (Lipinski definition) is 1. The fourth-order valence-electron chi connectivity index (χ4n) is 5.10. The van der Waals surface area contributed by atoms with E-state index in [-0.39, 0.29) is 37.6 Å². The Kier molecular flexibility index (Phi) is 8.91. The summed E-state index contributed by atoms with van der Waals surface area (Å²) >= 11 is 2.18. The molecule has 4 aromatic rings. The van der Waals surface area contributed by atoms with Crippen LogP contribution in [-0.4, -0.2) is 62.3 Å². The molecule has 0 aliphatic carbocycles. The molecular weight excluding hydrogens is 650 g/mol. The minimum atomic E-state index is -5.44. The molecule has 1 aromatic carbocycles. The molecule has 1 aliphatic heterocycles. The Balaban J connectivity index is 1.56. The number of aromatic nitrogens is 2. The molecule has 17 heteroatoms. The zero-order valence-corrected chi connectivity index (χ0v) is 26.2. The maximum atomic E-state index is 13.5. The first kappa shape index (κ1) is 31.4. The lowest BCUT2D eigenvalue weighted by Gasteiger charge is -2.24. The quantitative estimate of drug-likeness (QED) is 0.183. The highest BCUT2D eigenvalue weighted by atomic mass is 32.2. The van der Waals surface area contributed by atoms with Crippen LogP contribution in [0.4, 0.5) is 18.9 Å². The van der Waals surface area contributed by atoms with Gasteiger partial charge in [-0.3, -0.25) is 4.90 Å². The number of alkyl halides is 3. The molecule has 43 heavy (non-hydrogen) atoms. The van der Waals surface area contributed by atoms with Crippen molar-refractivity contribution in [2.75, 3.05) is 23.3 Å². The molecular formula is C26H27F3N4O6S4. The number of carbonyl (C=O) groups is 1. The van der Waals surface area contributed by atoms with E-state index in [9.17, 15) is 34.8 Å². The minimum Gasteiger partial charge on any atom is -0.334 e. The SMILES string of the molecule is CC(C)n1c(-c2ncc(CN3CCC(C[SH](=O)=O)C3)s2)cc2cccc(N(OC(=O)C(F)(F)F)S(=O)(=O)c3cccs3)c21. The molecule has 1 unspecified atom stereocenters. The summed E-state index contributed by atoms with van der Waals surface area (Å²) < 4.78 is 90.7. The molecule has 0 saturated carbocycles. The van der Waals surface area contributed by atoms with Crippen LogP contribution in [0.3, 0.4) is 0 Å². The third kappa shape index (κ3) is 6.60. The number of para-hydroxylation sites is 1. The van der Waals surface area contributed by atoms with Crippen molar-refractivity contribution in [2.45, 2.75) is 43.2 Å². The number of benzene rings is 1.